The van der Waals surface area contributed by atoms with Gasteiger partial charge in [-0.05, 0) is 34.9 Å². The summed E-state index contributed by atoms with van der Waals surface area (Å²) in [5, 5.41) is 11.4. The van der Waals surface area contributed by atoms with Crippen LogP contribution < -0.4 is 4.74 Å². The molecule has 0 N–H and O–H groups in total. The molecule has 9 nitrogen and oxygen atoms in total. The van der Waals surface area contributed by atoms with Gasteiger partial charge in [-0.2, -0.15) is 4.68 Å². The van der Waals surface area contributed by atoms with Crippen LogP contribution in [-0.4, -0.2) is 75.1 Å². The van der Waals surface area contributed by atoms with E-state index in [-0.39, 0.29) is 11.8 Å². The highest BCUT2D eigenvalue weighted by atomic mass is 35.5. The zero-order valence-electron chi connectivity index (χ0n) is 18.4. The SMILES string of the molecule is COc1cc(-n2cnnn2)c(Cl)cc1C(=O)N1CCN(C(=O)CCCc2ccccc2)CC1. The number of aromatic nitrogens is 4. The molecule has 33 heavy (non-hydrogen) atoms. The van der Waals surface area contributed by atoms with Crippen molar-refractivity contribution in [2.24, 2.45) is 0 Å². The molecule has 0 unspecified atom stereocenters. The van der Waals surface area contributed by atoms with Crippen molar-refractivity contribution in [3.05, 3.63) is 64.9 Å². The van der Waals surface area contributed by atoms with E-state index in [9.17, 15) is 9.59 Å². The molecule has 1 saturated heterocycles. The molecule has 0 saturated carbocycles. The van der Waals surface area contributed by atoms with Crippen LogP contribution in [0.3, 0.4) is 0 Å². The Morgan fingerprint density at radius 1 is 1.06 bits per heavy atom. The fourth-order valence-corrected chi connectivity index (χ4v) is 4.15. The van der Waals surface area contributed by atoms with Gasteiger partial charge < -0.3 is 14.5 Å². The lowest BCUT2D eigenvalue weighted by Crippen LogP contribution is -2.50. The number of amides is 2. The average Bonchev–Trinajstić information content (AvgIpc) is 3.39. The topological polar surface area (TPSA) is 93.4 Å². The minimum atomic E-state index is -0.187. The Hall–Kier alpha value is -3.46. The van der Waals surface area contributed by atoms with Crippen LogP contribution in [0.1, 0.15) is 28.8 Å². The first-order valence-corrected chi connectivity index (χ1v) is 11.2. The molecule has 1 aromatic heterocycles. The lowest BCUT2D eigenvalue weighted by molar-refractivity contribution is -0.132. The molecule has 0 spiro atoms. The van der Waals surface area contributed by atoms with Gasteiger partial charge in [0.1, 0.15) is 12.1 Å². The van der Waals surface area contributed by atoms with Crippen LogP contribution in [0.25, 0.3) is 5.69 Å². The van der Waals surface area contributed by atoms with Gasteiger partial charge in [0, 0.05) is 38.7 Å². The highest BCUT2D eigenvalue weighted by Gasteiger charge is 2.27. The van der Waals surface area contributed by atoms with Gasteiger partial charge in [-0.3, -0.25) is 9.59 Å². The summed E-state index contributed by atoms with van der Waals surface area (Å²) in [5.41, 5.74) is 2.11. The number of hydrogen-bond donors (Lipinski definition) is 0. The Morgan fingerprint density at radius 3 is 2.45 bits per heavy atom. The fraction of sp³-hybridized carbons (Fsp3) is 0.348. The smallest absolute Gasteiger partial charge is 0.257 e. The van der Waals surface area contributed by atoms with Crippen molar-refractivity contribution >= 4 is 23.4 Å². The monoisotopic (exact) mass is 468 g/mol. The molecular weight excluding hydrogens is 444 g/mol. The number of rotatable bonds is 7. The predicted molar refractivity (Wildman–Crippen MR) is 123 cm³/mol. The summed E-state index contributed by atoms with van der Waals surface area (Å²) in [6, 6.07) is 13.4. The van der Waals surface area contributed by atoms with E-state index in [4.69, 9.17) is 16.3 Å². The van der Waals surface area contributed by atoms with Crippen molar-refractivity contribution in [1.82, 2.24) is 30.0 Å². The second-order valence-corrected chi connectivity index (χ2v) is 8.18. The standard InChI is InChI=1S/C23H25ClN6O3/c1-33-21-15-20(30-16-25-26-27-30)19(24)14-18(21)23(32)29-12-10-28(11-13-29)22(31)9-5-8-17-6-3-2-4-7-17/h2-4,6-7,14-16H,5,8-13H2,1H3. The number of carbonyl (C=O) groups excluding carboxylic acids is 2. The van der Waals surface area contributed by atoms with E-state index in [0.717, 1.165) is 12.8 Å². The van der Waals surface area contributed by atoms with Gasteiger partial charge >= 0.3 is 0 Å². The van der Waals surface area contributed by atoms with Crippen molar-refractivity contribution < 1.29 is 14.3 Å². The number of ether oxygens (including phenoxy) is 1. The molecule has 172 valence electrons. The van der Waals surface area contributed by atoms with Gasteiger partial charge in [-0.15, -0.1) is 5.10 Å². The second-order valence-electron chi connectivity index (χ2n) is 7.77. The van der Waals surface area contributed by atoms with E-state index in [1.165, 1.54) is 23.7 Å². The van der Waals surface area contributed by atoms with Crippen LogP contribution in [0.2, 0.25) is 5.02 Å². The maximum absolute atomic E-state index is 13.2. The highest BCUT2D eigenvalue weighted by Crippen LogP contribution is 2.30. The van der Waals surface area contributed by atoms with Gasteiger partial charge in [0.15, 0.2) is 0 Å². The van der Waals surface area contributed by atoms with Crippen molar-refractivity contribution in [3.8, 4) is 11.4 Å². The molecule has 1 fully saturated rings. The summed E-state index contributed by atoms with van der Waals surface area (Å²) < 4.78 is 6.84. The molecule has 0 radical (unpaired) electrons. The number of tetrazole rings is 1. The minimum absolute atomic E-state index is 0.129. The first-order chi connectivity index (χ1) is 16.1. The Morgan fingerprint density at radius 2 is 1.79 bits per heavy atom. The summed E-state index contributed by atoms with van der Waals surface area (Å²) in [5.74, 6) is 0.326. The Bertz CT molecular complexity index is 1100. The van der Waals surface area contributed by atoms with Crippen molar-refractivity contribution in [1.29, 1.82) is 0 Å². The molecule has 0 bridgehead atoms. The number of piperazine rings is 1. The molecule has 4 rings (SSSR count). The summed E-state index contributed by atoms with van der Waals surface area (Å²) in [6.07, 6.45) is 3.61. The van der Waals surface area contributed by atoms with Crippen LogP contribution in [0.5, 0.6) is 5.75 Å². The van der Waals surface area contributed by atoms with Gasteiger partial charge in [-0.25, -0.2) is 0 Å². The van der Waals surface area contributed by atoms with Crippen molar-refractivity contribution in [2.75, 3.05) is 33.3 Å². The lowest BCUT2D eigenvalue weighted by atomic mass is 10.1. The predicted octanol–water partition coefficient (Wildman–Crippen LogP) is 2.63. The largest absolute Gasteiger partial charge is 0.496 e. The Labute approximate surface area is 196 Å². The fourth-order valence-electron chi connectivity index (χ4n) is 3.90. The molecule has 0 aliphatic carbocycles. The maximum Gasteiger partial charge on any atom is 0.257 e. The van der Waals surface area contributed by atoms with E-state index in [1.807, 2.05) is 23.1 Å². The molecule has 10 heteroatoms. The lowest BCUT2D eigenvalue weighted by Gasteiger charge is -2.35. The second kappa shape index (κ2) is 10.4. The molecule has 3 aromatic rings. The number of hydrogen-bond acceptors (Lipinski definition) is 6. The van der Waals surface area contributed by atoms with Crippen LogP contribution >= 0.6 is 11.6 Å². The number of halogens is 1. The molecule has 1 aliphatic rings. The van der Waals surface area contributed by atoms with Gasteiger partial charge in [0.2, 0.25) is 5.91 Å². The van der Waals surface area contributed by atoms with E-state index in [1.54, 1.807) is 17.0 Å². The van der Waals surface area contributed by atoms with Gasteiger partial charge in [0.25, 0.3) is 5.91 Å². The van der Waals surface area contributed by atoms with Crippen LogP contribution in [-0.2, 0) is 11.2 Å². The summed E-state index contributed by atoms with van der Waals surface area (Å²) >= 11 is 6.39. The molecule has 2 heterocycles. The van der Waals surface area contributed by atoms with Crippen molar-refractivity contribution in [3.63, 3.8) is 0 Å². The summed E-state index contributed by atoms with van der Waals surface area (Å²) in [7, 11) is 1.50. The third-order valence-electron chi connectivity index (χ3n) is 5.71. The molecule has 1 aliphatic heterocycles. The normalized spacial score (nSPS) is 13.8. The quantitative estimate of drug-likeness (QED) is 0.529. The van der Waals surface area contributed by atoms with Crippen LogP contribution in [0.15, 0.2) is 48.8 Å². The minimum Gasteiger partial charge on any atom is -0.496 e. The number of methoxy groups -OCH3 is 1. The Balaban J connectivity index is 1.34. The Kier molecular flexibility index (Phi) is 7.19. The number of nitrogens with zero attached hydrogens (tertiary/aromatic N) is 6. The van der Waals surface area contributed by atoms with E-state index < -0.39 is 0 Å². The zero-order chi connectivity index (χ0) is 23.2. The highest BCUT2D eigenvalue weighted by molar-refractivity contribution is 6.33. The third-order valence-corrected chi connectivity index (χ3v) is 6.02. The zero-order valence-corrected chi connectivity index (χ0v) is 19.1. The summed E-state index contributed by atoms with van der Waals surface area (Å²) in [6.45, 7) is 1.93. The van der Waals surface area contributed by atoms with E-state index in [0.29, 0.717) is 54.6 Å². The van der Waals surface area contributed by atoms with Crippen LogP contribution in [0, 0.1) is 0 Å². The molecular formula is C23H25ClN6O3. The van der Waals surface area contributed by atoms with E-state index >= 15 is 0 Å². The van der Waals surface area contributed by atoms with Crippen molar-refractivity contribution in [2.45, 2.75) is 19.3 Å². The summed E-state index contributed by atoms with van der Waals surface area (Å²) in [4.78, 5) is 29.3. The van der Waals surface area contributed by atoms with Gasteiger partial charge in [-0.1, -0.05) is 41.9 Å². The first kappa shape index (κ1) is 22.7. The number of benzene rings is 2. The molecule has 2 amide bonds. The van der Waals surface area contributed by atoms with Crippen LogP contribution in [0.4, 0.5) is 0 Å². The molecule has 2 aromatic carbocycles. The average molecular weight is 469 g/mol. The first-order valence-electron chi connectivity index (χ1n) is 10.8. The maximum atomic E-state index is 13.2. The number of carbonyl (C=O) groups is 2. The number of aryl methyl sites for hydroxylation is 1. The van der Waals surface area contributed by atoms with Gasteiger partial charge in [0.05, 0.1) is 23.4 Å². The van der Waals surface area contributed by atoms with E-state index in [2.05, 4.69) is 27.7 Å². The molecule has 0 atom stereocenters. The third kappa shape index (κ3) is 5.31.